The van der Waals surface area contributed by atoms with Crippen molar-refractivity contribution in [1.29, 1.82) is 0 Å². The van der Waals surface area contributed by atoms with E-state index in [1.807, 2.05) is 6.92 Å². The predicted octanol–water partition coefficient (Wildman–Crippen LogP) is 5.03. The van der Waals surface area contributed by atoms with Gasteiger partial charge in [-0.15, -0.1) is 0 Å². The van der Waals surface area contributed by atoms with E-state index in [2.05, 4.69) is 6.92 Å². The van der Waals surface area contributed by atoms with Crippen LogP contribution in [-0.4, -0.2) is 22.2 Å². The maximum atomic E-state index is 11.5. The van der Waals surface area contributed by atoms with Crippen molar-refractivity contribution in [3.63, 3.8) is 0 Å². The first-order valence-electron chi connectivity index (χ1n) is 8.69. The van der Waals surface area contributed by atoms with E-state index in [1.165, 1.54) is 32.1 Å². The zero-order valence-electron chi connectivity index (χ0n) is 14.4. The number of hydrogen-bond acceptors (Lipinski definition) is 2. The van der Waals surface area contributed by atoms with Crippen LogP contribution in [0.15, 0.2) is 11.1 Å². The molecule has 0 heterocycles. The van der Waals surface area contributed by atoms with Crippen molar-refractivity contribution in [2.24, 2.45) is 5.92 Å². The maximum absolute atomic E-state index is 11.5. The highest BCUT2D eigenvalue weighted by atomic mass is 16.4. The Morgan fingerprint density at radius 2 is 1.36 bits per heavy atom. The molecule has 0 saturated carbocycles. The van der Waals surface area contributed by atoms with E-state index in [9.17, 15) is 19.8 Å². The smallest absolute Gasteiger partial charge is 0.332 e. The SMILES string of the molecule is CCCCCCCCCC(CC)C(C(=O)O)=C(CC)C(=O)O. The normalized spacial score (nSPS) is 13.6. The molecule has 0 aliphatic heterocycles. The Morgan fingerprint density at radius 1 is 0.818 bits per heavy atom. The molecule has 0 rings (SSSR count). The second kappa shape index (κ2) is 12.2. The minimum absolute atomic E-state index is 0.0577. The lowest BCUT2D eigenvalue weighted by Crippen LogP contribution is -2.18. The van der Waals surface area contributed by atoms with Crippen LogP contribution in [0.4, 0.5) is 0 Å². The van der Waals surface area contributed by atoms with Gasteiger partial charge in [0.15, 0.2) is 0 Å². The molecule has 0 amide bonds. The van der Waals surface area contributed by atoms with Gasteiger partial charge in [0, 0.05) is 5.57 Å². The van der Waals surface area contributed by atoms with Crippen molar-refractivity contribution in [1.82, 2.24) is 0 Å². The molecule has 128 valence electrons. The molecule has 2 N–H and O–H groups in total. The fourth-order valence-corrected chi connectivity index (χ4v) is 2.91. The average Bonchev–Trinajstić information content (AvgIpc) is 2.47. The molecule has 0 aliphatic rings. The van der Waals surface area contributed by atoms with Crippen molar-refractivity contribution >= 4 is 11.9 Å². The molecule has 0 radical (unpaired) electrons. The van der Waals surface area contributed by atoms with Crippen LogP contribution in [0.3, 0.4) is 0 Å². The predicted molar refractivity (Wildman–Crippen MR) is 89.0 cm³/mol. The first-order valence-corrected chi connectivity index (χ1v) is 8.69. The van der Waals surface area contributed by atoms with E-state index in [0.29, 0.717) is 6.42 Å². The molecular weight excluding hydrogens is 280 g/mol. The molecule has 0 aromatic heterocycles. The van der Waals surface area contributed by atoms with Crippen molar-refractivity contribution in [2.75, 3.05) is 0 Å². The maximum Gasteiger partial charge on any atom is 0.332 e. The van der Waals surface area contributed by atoms with Crippen molar-refractivity contribution < 1.29 is 19.8 Å². The molecule has 4 nitrogen and oxygen atoms in total. The molecule has 0 aromatic carbocycles. The molecule has 1 atom stereocenters. The van der Waals surface area contributed by atoms with Gasteiger partial charge in [0.2, 0.25) is 0 Å². The third-order valence-electron chi connectivity index (χ3n) is 4.22. The molecule has 1 unspecified atom stereocenters. The highest BCUT2D eigenvalue weighted by molar-refractivity contribution is 5.99. The second-order valence-corrected chi connectivity index (χ2v) is 5.87. The van der Waals surface area contributed by atoms with E-state index in [0.717, 1.165) is 19.3 Å². The summed E-state index contributed by atoms with van der Waals surface area (Å²) in [5, 5.41) is 18.6. The summed E-state index contributed by atoms with van der Waals surface area (Å²) in [6, 6.07) is 0. The number of carboxylic acids is 2. The van der Waals surface area contributed by atoms with Crippen LogP contribution in [0.5, 0.6) is 0 Å². The van der Waals surface area contributed by atoms with E-state index in [1.54, 1.807) is 6.92 Å². The fraction of sp³-hybridized carbons (Fsp3) is 0.778. The number of carbonyl (C=O) groups is 2. The highest BCUT2D eigenvalue weighted by Crippen LogP contribution is 2.27. The number of rotatable bonds is 13. The quantitative estimate of drug-likeness (QED) is 0.369. The van der Waals surface area contributed by atoms with Gasteiger partial charge in [-0.25, -0.2) is 9.59 Å². The Labute approximate surface area is 134 Å². The summed E-state index contributed by atoms with van der Waals surface area (Å²) in [5.74, 6) is -2.33. The van der Waals surface area contributed by atoms with Gasteiger partial charge in [-0.1, -0.05) is 65.7 Å². The summed E-state index contributed by atoms with van der Waals surface area (Å²) in [7, 11) is 0. The fourth-order valence-electron chi connectivity index (χ4n) is 2.91. The monoisotopic (exact) mass is 312 g/mol. The minimum Gasteiger partial charge on any atom is -0.478 e. The Hall–Kier alpha value is -1.32. The van der Waals surface area contributed by atoms with Gasteiger partial charge in [-0.3, -0.25) is 0 Å². The van der Waals surface area contributed by atoms with Gasteiger partial charge in [-0.2, -0.15) is 0 Å². The molecule has 0 saturated heterocycles. The average molecular weight is 312 g/mol. The van der Waals surface area contributed by atoms with E-state index < -0.39 is 11.9 Å². The third kappa shape index (κ3) is 7.62. The number of carboxylic acid groups (broad SMARTS) is 2. The molecule has 0 aliphatic carbocycles. The molecule has 22 heavy (non-hydrogen) atoms. The molecular formula is C18H32O4. The Morgan fingerprint density at radius 3 is 1.77 bits per heavy atom. The van der Waals surface area contributed by atoms with Gasteiger partial charge >= 0.3 is 11.9 Å². The van der Waals surface area contributed by atoms with Gasteiger partial charge in [0.1, 0.15) is 0 Å². The zero-order valence-corrected chi connectivity index (χ0v) is 14.4. The lowest BCUT2D eigenvalue weighted by Gasteiger charge is -2.18. The summed E-state index contributed by atoms with van der Waals surface area (Å²) in [4.78, 5) is 22.7. The zero-order chi connectivity index (χ0) is 17.0. The van der Waals surface area contributed by atoms with Crippen molar-refractivity contribution in [3.05, 3.63) is 11.1 Å². The van der Waals surface area contributed by atoms with Crippen molar-refractivity contribution in [2.45, 2.75) is 85.0 Å². The van der Waals surface area contributed by atoms with Gasteiger partial charge in [-0.05, 0) is 25.2 Å². The molecule has 4 heteroatoms. The van der Waals surface area contributed by atoms with Crippen LogP contribution >= 0.6 is 0 Å². The Kier molecular flexibility index (Phi) is 11.5. The summed E-state index contributed by atoms with van der Waals surface area (Å²) in [5.41, 5.74) is 0.172. The number of unbranched alkanes of at least 4 members (excludes halogenated alkanes) is 6. The van der Waals surface area contributed by atoms with Crippen LogP contribution in [-0.2, 0) is 9.59 Å². The number of hydrogen-bond donors (Lipinski definition) is 2. The summed E-state index contributed by atoms with van der Waals surface area (Å²) in [6.07, 6.45) is 9.97. The summed E-state index contributed by atoms with van der Waals surface area (Å²) < 4.78 is 0. The Balaban J connectivity index is 4.58. The molecule has 0 fully saturated rings. The first kappa shape index (κ1) is 20.7. The lowest BCUT2D eigenvalue weighted by molar-refractivity contribution is -0.136. The van der Waals surface area contributed by atoms with Crippen molar-refractivity contribution in [3.8, 4) is 0 Å². The molecule has 0 aromatic rings. The number of aliphatic carboxylic acids is 2. The van der Waals surface area contributed by atoms with Gasteiger partial charge < -0.3 is 10.2 Å². The molecule has 0 spiro atoms. The Bertz CT molecular complexity index is 371. The van der Waals surface area contributed by atoms with Gasteiger partial charge in [0.05, 0.1) is 5.57 Å². The minimum atomic E-state index is -1.10. The van der Waals surface area contributed by atoms with Crippen LogP contribution in [0.1, 0.15) is 85.0 Å². The second-order valence-electron chi connectivity index (χ2n) is 5.87. The van der Waals surface area contributed by atoms with E-state index >= 15 is 0 Å². The van der Waals surface area contributed by atoms with E-state index in [-0.39, 0.29) is 23.5 Å². The van der Waals surface area contributed by atoms with Crippen LogP contribution in [0, 0.1) is 5.92 Å². The highest BCUT2D eigenvalue weighted by Gasteiger charge is 2.25. The lowest BCUT2D eigenvalue weighted by atomic mass is 9.86. The summed E-state index contributed by atoms with van der Waals surface area (Å²) >= 11 is 0. The van der Waals surface area contributed by atoms with E-state index in [4.69, 9.17) is 0 Å². The largest absolute Gasteiger partial charge is 0.478 e. The van der Waals surface area contributed by atoms with Crippen LogP contribution in [0.25, 0.3) is 0 Å². The first-order chi connectivity index (χ1) is 10.5. The summed E-state index contributed by atoms with van der Waals surface area (Å²) in [6.45, 7) is 5.83. The standard InChI is InChI=1S/C18H32O4/c1-4-7-8-9-10-11-12-13-14(5-2)16(18(21)22)15(6-3)17(19)20/h14H,4-13H2,1-3H3,(H,19,20)(H,21,22). The molecule has 0 bridgehead atoms. The van der Waals surface area contributed by atoms with Crippen LogP contribution < -0.4 is 0 Å². The topological polar surface area (TPSA) is 74.6 Å². The third-order valence-corrected chi connectivity index (χ3v) is 4.22. The van der Waals surface area contributed by atoms with Gasteiger partial charge in [0.25, 0.3) is 0 Å². The van der Waals surface area contributed by atoms with Crippen LogP contribution in [0.2, 0.25) is 0 Å².